The van der Waals surface area contributed by atoms with Crippen LogP contribution in [0.5, 0.6) is 5.75 Å². The van der Waals surface area contributed by atoms with Gasteiger partial charge in [-0.1, -0.05) is 11.6 Å². The number of nitrogens with zero attached hydrogens (tertiary/aromatic N) is 2. The standard InChI is InChI=1S/C22H34ClN3O3/c1-16-13-26(14-17(2)29-16)15-18-6-9-25(10-7-18)11-8-22(27)24-20-12-19(23)4-5-21(20)28-3/h4-5,12,16-18H,6-11,13-15H2,1-3H3,(H,24,27). The molecule has 0 radical (unpaired) electrons. The third-order valence-electron chi connectivity index (χ3n) is 5.81. The van der Waals surface area contributed by atoms with Gasteiger partial charge in [0.05, 0.1) is 25.0 Å². The molecule has 2 aliphatic heterocycles. The van der Waals surface area contributed by atoms with E-state index in [4.69, 9.17) is 21.1 Å². The van der Waals surface area contributed by atoms with Crippen LogP contribution in [0.3, 0.4) is 0 Å². The minimum atomic E-state index is -0.0102. The Kier molecular flexibility index (Phi) is 8.18. The van der Waals surface area contributed by atoms with Crippen molar-refractivity contribution in [1.82, 2.24) is 9.80 Å². The number of methoxy groups -OCH3 is 1. The van der Waals surface area contributed by atoms with Crippen LogP contribution in [0.25, 0.3) is 0 Å². The van der Waals surface area contributed by atoms with E-state index in [1.807, 2.05) is 0 Å². The first-order valence-electron chi connectivity index (χ1n) is 10.7. The summed E-state index contributed by atoms with van der Waals surface area (Å²) in [6.07, 6.45) is 3.53. The summed E-state index contributed by atoms with van der Waals surface area (Å²) in [6.45, 7) is 10.5. The molecule has 0 aliphatic carbocycles. The van der Waals surface area contributed by atoms with Gasteiger partial charge in [0.25, 0.3) is 0 Å². The largest absolute Gasteiger partial charge is 0.495 e. The fourth-order valence-electron chi connectivity index (χ4n) is 4.44. The van der Waals surface area contributed by atoms with Gasteiger partial charge in [-0.2, -0.15) is 0 Å². The minimum Gasteiger partial charge on any atom is -0.495 e. The molecule has 0 saturated carbocycles. The van der Waals surface area contributed by atoms with Crippen molar-refractivity contribution in [3.8, 4) is 5.75 Å². The fraction of sp³-hybridized carbons (Fsp3) is 0.682. The molecule has 29 heavy (non-hydrogen) atoms. The number of halogens is 1. The molecule has 1 amide bonds. The number of carbonyl (C=O) groups is 1. The molecule has 0 bridgehead atoms. The average molecular weight is 424 g/mol. The summed E-state index contributed by atoms with van der Waals surface area (Å²) in [5.74, 6) is 1.35. The Morgan fingerprint density at radius 3 is 2.55 bits per heavy atom. The van der Waals surface area contributed by atoms with Gasteiger partial charge < -0.3 is 19.7 Å². The van der Waals surface area contributed by atoms with Crippen LogP contribution in [0.15, 0.2) is 18.2 Å². The Morgan fingerprint density at radius 2 is 1.90 bits per heavy atom. The monoisotopic (exact) mass is 423 g/mol. The lowest BCUT2D eigenvalue weighted by Crippen LogP contribution is -2.48. The molecule has 162 valence electrons. The summed E-state index contributed by atoms with van der Waals surface area (Å²) in [5.41, 5.74) is 0.623. The summed E-state index contributed by atoms with van der Waals surface area (Å²) in [6, 6.07) is 5.23. The molecule has 1 aromatic carbocycles. The molecule has 6 nitrogen and oxygen atoms in total. The molecule has 2 atom stereocenters. The van der Waals surface area contributed by atoms with Crippen molar-refractivity contribution in [1.29, 1.82) is 0 Å². The predicted octanol–water partition coefficient (Wildman–Crippen LogP) is 3.50. The number of likely N-dealkylation sites (tertiary alicyclic amines) is 1. The molecular weight excluding hydrogens is 390 g/mol. The van der Waals surface area contributed by atoms with Crippen molar-refractivity contribution in [2.45, 2.75) is 45.3 Å². The van der Waals surface area contributed by atoms with Crippen LogP contribution in [0.4, 0.5) is 5.69 Å². The minimum absolute atomic E-state index is 0.0102. The average Bonchev–Trinajstić information content (AvgIpc) is 2.67. The number of anilines is 1. The zero-order chi connectivity index (χ0) is 20.8. The molecule has 2 saturated heterocycles. The quantitative estimate of drug-likeness (QED) is 0.727. The Hall–Kier alpha value is -1.34. The van der Waals surface area contributed by atoms with E-state index in [1.54, 1.807) is 25.3 Å². The van der Waals surface area contributed by atoms with Crippen LogP contribution in [0, 0.1) is 5.92 Å². The van der Waals surface area contributed by atoms with Crippen molar-refractivity contribution >= 4 is 23.2 Å². The van der Waals surface area contributed by atoms with Gasteiger partial charge in [-0.15, -0.1) is 0 Å². The summed E-state index contributed by atoms with van der Waals surface area (Å²) in [5, 5.41) is 3.50. The van der Waals surface area contributed by atoms with E-state index in [-0.39, 0.29) is 5.91 Å². The van der Waals surface area contributed by atoms with Crippen LogP contribution in [-0.4, -0.2) is 74.3 Å². The molecule has 1 aromatic rings. The van der Waals surface area contributed by atoms with E-state index in [0.717, 1.165) is 38.6 Å². The molecular formula is C22H34ClN3O3. The highest BCUT2D eigenvalue weighted by Gasteiger charge is 2.26. The second kappa shape index (κ2) is 10.6. The first-order valence-corrected chi connectivity index (χ1v) is 11.0. The van der Waals surface area contributed by atoms with E-state index in [1.165, 1.54) is 19.4 Å². The summed E-state index contributed by atoms with van der Waals surface area (Å²) >= 11 is 6.03. The number of carbonyl (C=O) groups excluding carboxylic acids is 1. The van der Waals surface area contributed by atoms with Gasteiger partial charge in [0.15, 0.2) is 0 Å². The molecule has 3 rings (SSSR count). The van der Waals surface area contributed by atoms with Gasteiger partial charge in [0, 0.05) is 37.6 Å². The van der Waals surface area contributed by atoms with Crippen LogP contribution in [-0.2, 0) is 9.53 Å². The molecule has 2 aliphatic rings. The van der Waals surface area contributed by atoms with Gasteiger partial charge in [0.2, 0.25) is 5.91 Å². The van der Waals surface area contributed by atoms with Crippen LogP contribution in [0.1, 0.15) is 33.1 Å². The maximum atomic E-state index is 12.4. The summed E-state index contributed by atoms with van der Waals surface area (Å²) in [7, 11) is 1.58. The zero-order valence-corrected chi connectivity index (χ0v) is 18.6. The van der Waals surface area contributed by atoms with E-state index in [0.29, 0.717) is 35.1 Å². The highest BCUT2D eigenvalue weighted by Crippen LogP contribution is 2.28. The smallest absolute Gasteiger partial charge is 0.225 e. The molecule has 2 heterocycles. The van der Waals surface area contributed by atoms with Crippen molar-refractivity contribution in [2.75, 3.05) is 51.7 Å². The number of nitrogens with one attached hydrogen (secondary N) is 1. The van der Waals surface area contributed by atoms with Crippen molar-refractivity contribution in [3.05, 3.63) is 23.2 Å². The van der Waals surface area contributed by atoms with E-state index in [9.17, 15) is 4.79 Å². The molecule has 2 unspecified atom stereocenters. The summed E-state index contributed by atoms with van der Waals surface area (Å²) < 4.78 is 11.1. The SMILES string of the molecule is COc1ccc(Cl)cc1NC(=O)CCN1CCC(CN2CC(C)OC(C)C2)CC1. The Labute approximate surface area is 179 Å². The number of benzene rings is 1. The Bertz CT molecular complexity index is 669. The number of hydrogen-bond donors (Lipinski definition) is 1. The van der Waals surface area contributed by atoms with Crippen molar-refractivity contribution < 1.29 is 14.3 Å². The maximum Gasteiger partial charge on any atom is 0.225 e. The molecule has 7 heteroatoms. The lowest BCUT2D eigenvalue weighted by Gasteiger charge is -2.39. The van der Waals surface area contributed by atoms with Crippen LogP contribution >= 0.6 is 11.6 Å². The second-order valence-electron chi connectivity index (χ2n) is 8.40. The van der Waals surface area contributed by atoms with E-state index in [2.05, 4.69) is 29.0 Å². The van der Waals surface area contributed by atoms with Crippen molar-refractivity contribution in [3.63, 3.8) is 0 Å². The molecule has 1 N–H and O–H groups in total. The topological polar surface area (TPSA) is 54.0 Å². The van der Waals surface area contributed by atoms with Gasteiger partial charge in [0.1, 0.15) is 5.75 Å². The first-order chi connectivity index (χ1) is 13.9. The van der Waals surface area contributed by atoms with Crippen LogP contribution in [0.2, 0.25) is 5.02 Å². The first kappa shape index (κ1) is 22.3. The number of rotatable bonds is 7. The lowest BCUT2D eigenvalue weighted by molar-refractivity contribution is -0.116. The number of piperidine rings is 1. The van der Waals surface area contributed by atoms with E-state index < -0.39 is 0 Å². The lowest BCUT2D eigenvalue weighted by atomic mass is 9.95. The normalized spacial score (nSPS) is 24.4. The van der Waals surface area contributed by atoms with Gasteiger partial charge >= 0.3 is 0 Å². The molecule has 0 spiro atoms. The number of amides is 1. The third-order valence-corrected chi connectivity index (χ3v) is 6.04. The van der Waals surface area contributed by atoms with Crippen molar-refractivity contribution in [2.24, 2.45) is 5.92 Å². The number of ether oxygens (including phenoxy) is 2. The predicted molar refractivity (Wildman–Crippen MR) is 117 cm³/mol. The van der Waals surface area contributed by atoms with Crippen LogP contribution < -0.4 is 10.1 Å². The highest BCUT2D eigenvalue weighted by molar-refractivity contribution is 6.31. The Morgan fingerprint density at radius 1 is 1.21 bits per heavy atom. The highest BCUT2D eigenvalue weighted by atomic mass is 35.5. The number of hydrogen-bond acceptors (Lipinski definition) is 5. The van der Waals surface area contributed by atoms with E-state index >= 15 is 0 Å². The molecule has 0 aromatic heterocycles. The summed E-state index contributed by atoms with van der Waals surface area (Å²) in [4.78, 5) is 17.3. The van der Waals surface area contributed by atoms with Gasteiger partial charge in [-0.25, -0.2) is 0 Å². The fourth-order valence-corrected chi connectivity index (χ4v) is 4.61. The molecule has 2 fully saturated rings. The van der Waals surface area contributed by atoms with Gasteiger partial charge in [-0.3, -0.25) is 9.69 Å². The Balaban J connectivity index is 1.37. The number of morpholine rings is 1. The third kappa shape index (κ3) is 6.85. The maximum absolute atomic E-state index is 12.4. The second-order valence-corrected chi connectivity index (χ2v) is 8.84. The zero-order valence-electron chi connectivity index (χ0n) is 17.8. The van der Waals surface area contributed by atoms with Gasteiger partial charge in [-0.05, 0) is 63.9 Å².